The van der Waals surface area contributed by atoms with Crippen molar-refractivity contribution >= 4 is 22.7 Å². The first-order chi connectivity index (χ1) is 17.2. The smallest absolute Gasteiger partial charge is 0.100 e. The van der Waals surface area contributed by atoms with E-state index in [1.54, 1.807) is 0 Å². The minimum atomic E-state index is 0.784. The van der Waals surface area contributed by atoms with Crippen LogP contribution in [-0.2, 0) is 0 Å². The maximum absolute atomic E-state index is 2.40. The zero-order valence-electron chi connectivity index (χ0n) is 20.1. The summed E-state index contributed by atoms with van der Waals surface area (Å²) in [5.74, 6) is 0. The monoisotopic (exact) mass is 452 g/mol. The summed E-state index contributed by atoms with van der Waals surface area (Å²) in [7, 11) is 0. The van der Waals surface area contributed by atoms with Crippen molar-refractivity contribution in [3.8, 4) is 22.3 Å². The third-order valence-electron chi connectivity index (χ3n) is 7.02. The lowest BCUT2D eigenvalue weighted by molar-refractivity contribution is 0.991. The van der Waals surface area contributed by atoms with Crippen LogP contribution in [0.15, 0.2) is 121 Å². The van der Waals surface area contributed by atoms with Crippen molar-refractivity contribution in [2.75, 3.05) is 16.5 Å². The van der Waals surface area contributed by atoms with E-state index in [1.807, 2.05) is 0 Å². The van der Waals surface area contributed by atoms with Crippen molar-refractivity contribution in [2.24, 2.45) is 0 Å². The van der Waals surface area contributed by atoms with Crippen LogP contribution in [0.4, 0.5) is 22.7 Å². The normalized spacial score (nSPS) is 12.6. The van der Waals surface area contributed by atoms with Gasteiger partial charge in [0.25, 0.3) is 0 Å². The van der Waals surface area contributed by atoms with Gasteiger partial charge < -0.3 is 9.80 Å². The van der Waals surface area contributed by atoms with Crippen molar-refractivity contribution in [2.45, 2.75) is 13.8 Å². The zero-order chi connectivity index (χ0) is 23.8. The van der Waals surface area contributed by atoms with Gasteiger partial charge in [-0.1, -0.05) is 84.9 Å². The third-order valence-corrected chi connectivity index (χ3v) is 7.02. The van der Waals surface area contributed by atoms with E-state index in [2.05, 4.69) is 145 Å². The van der Waals surface area contributed by atoms with Gasteiger partial charge in [-0.05, 0) is 83.6 Å². The fourth-order valence-corrected chi connectivity index (χ4v) is 5.09. The first-order valence-electron chi connectivity index (χ1n) is 12.2. The number of anilines is 4. The summed E-state index contributed by atoms with van der Waals surface area (Å²) < 4.78 is 0. The maximum atomic E-state index is 2.40. The minimum Gasteiger partial charge on any atom is -0.321 e. The number of benzene rings is 5. The first kappa shape index (κ1) is 21.2. The topological polar surface area (TPSA) is 6.48 Å². The number of aryl methyl sites for hydroxylation is 2. The highest BCUT2D eigenvalue weighted by Gasteiger charge is 2.27. The molecule has 0 radical (unpaired) electrons. The molecule has 0 amide bonds. The maximum Gasteiger partial charge on any atom is 0.100 e. The van der Waals surface area contributed by atoms with Crippen LogP contribution in [0.3, 0.4) is 0 Å². The summed E-state index contributed by atoms with van der Waals surface area (Å²) in [4.78, 5) is 4.79. The van der Waals surface area contributed by atoms with Gasteiger partial charge >= 0.3 is 0 Å². The summed E-state index contributed by atoms with van der Waals surface area (Å²) in [6, 6.07) is 43.7. The van der Waals surface area contributed by atoms with Gasteiger partial charge in [-0.2, -0.15) is 0 Å². The highest BCUT2D eigenvalue weighted by Crippen LogP contribution is 2.44. The van der Waals surface area contributed by atoms with E-state index >= 15 is 0 Å². The van der Waals surface area contributed by atoms with Gasteiger partial charge in [0, 0.05) is 11.4 Å². The zero-order valence-corrected chi connectivity index (χ0v) is 20.1. The Morgan fingerprint density at radius 2 is 0.800 bits per heavy atom. The lowest BCUT2D eigenvalue weighted by atomic mass is 10.0. The van der Waals surface area contributed by atoms with Crippen LogP contribution in [0.2, 0.25) is 0 Å². The number of rotatable bonds is 4. The molecule has 1 aliphatic heterocycles. The van der Waals surface area contributed by atoms with Crippen molar-refractivity contribution in [1.82, 2.24) is 0 Å². The molecule has 2 heteroatoms. The fourth-order valence-electron chi connectivity index (χ4n) is 5.09. The Labute approximate surface area is 207 Å². The van der Waals surface area contributed by atoms with Crippen LogP contribution in [-0.4, -0.2) is 6.67 Å². The van der Waals surface area contributed by atoms with Crippen molar-refractivity contribution in [1.29, 1.82) is 0 Å². The molecule has 0 bridgehead atoms. The molecule has 6 rings (SSSR count). The molecule has 0 N–H and O–H groups in total. The van der Waals surface area contributed by atoms with Crippen LogP contribution < -0.4 is 9.80 Å². The summed E-state index contributed by atoms with van der Waals surface area (Å²) in [6.07, 6.45) is 0. The Morgan fingerprint density at radius 3 is 1.20 bits per heavy atom. The van der Waals surface area contributed by atoms with E-state index in [0.29, 0.717) is 0 Å². The molecule has 0 fully saturated rings. The first-order valence-corrected chi connectivity index (χ1v) is 12.2. The van der Waals surface area contributed by atoms with E-state index in [-0.39, 0.29) is 0 Å². The minimum absolute atomic E-state index is 0.784. The number of para-hydroxylation sites is 2. The second-order valence-electron chi connectivity index (χ2n) is 9.21. The van der Waals surface area contributed by atoms with Crippen LogP contribution in [0.1, 0.15) is 11.1 Å². The lowest BCUT2D eigenvalue weighted by Gasteiger charge is -2.22. The number of hydrogen-bond acceptors (Lipinski definition) is 2. The molecule has 35 heavy (non-hydrogen) atoms. The lowest BCUT2D eigenvalue weighted by Crippen LogP contribution is -2.23. The van der Waals surface area contributed by atoms with Gasteiger partial charge in [-0.15, -0.1) is 0 Å². The Kier molecular flexibility index (Phi) is 5.35. The molecule has 5 aromatic carbocycles. The molecular weight excluding hydrogens is 424 g/mol. The average molecular weight is 453 g/mol. The second kappa shape index (κ2) is 8.81. The molecule has 0 unspecified atom stereocenters. The van der Waals surface area contributed by atoms with Gasteiger partial charge in [0.1, 0.15) is 6.67 Å². The fraction of sp³-hybridized carbons (Fsp3) is 0.0909. The predicted molar refractivity (Wildman–Crippen MR) is 149 cm³/mol. The van der Waals surface area contributed by atoms with Gasteiger partial charge in [-0.25, -0.2) is 0 Å². The molecule has 0 spiro atoms. The Hall–Kier alpha value is -4.30. The van der Waals surface area contributed by atoms with Crippen LogP contribution >= 0.6 is 0 Å². The van der Waals surface area contributed by atoms with Crippen molar-refractivity contribution < 1.29 is 0 Å². The summed E-state index contributed by atoms with van der Waals surface area (Å²) >= 11 is 0. The molecule has 0 aromatic heterocycles. The summed E-state index contributed by atoms with van der Waals surface area (Å²) in [6.45, 7) is 5.12. The molecule has 0 saturated heterocycles. The van der Waals surface area contributed by atoms with Gasteiger partial charge in [0.15, 0.2) is 0 Å². The largest absolute Gasteiger partial charge is 0.321 e. The van der Waals surface area contributed by atoms with Crippen molar-refractivity contribution in [3.63, 3.8) is 0 Å². The molecule has 0 aliphatic carbocycles. The van der Waals surface area contributed by atoms with Gasteiger partial charge in [0.05, 0.1) is 11.4 Å². The Morgan fingerprint density at radius 1 is 0.429 bits per heavy atom. The third kappa shape index (κ3) is 3.87. The van der Waals surface area contributed by atoms with Gasteiger partial charge in [-0.3, -0.25) is 0 Å². The molecule has 5 aromatic rings. The SMILES string of the molecule is Cc1ccccc1-c1ccc(N2CN(c3ccc(-c4ccccc4C)cc3)c3ccccc32)cc1. The number of hydrogen-bond donors (Lipinski definition) is 0. The van der Waals surface area contributed by atoms with Crippen LogP contribution in [0, 0.1) is 13.8 Å². The van der Waals surface area contributed by atoms with E-state index in [0.717, 1.165) is 6.67 Å². The van der Waals surface area contributed by atoms with Crippen LogP contribution in [0.25, 0.3) is 22.3 Å². The highest BCUT2D eigenvalue weighted by molar-refractivity contribution is 5.87. The molecule has 0 saturated carbocycles. The number of nitrogens with zero attached hydrogens (tertiary/aromatic N) is 2. The number of fused-ring (bicyclic) bond motifs is 1. The Balaban J connectivity index is 1.31. The average Bonchev–Trinajstić information content (AvgIpc) is 3.29. The van der Waals surface area contributed by atoms with Gasteiger partial charge in [0.2, 0.25) is 0 Å². The highest BCUT2D eigenvalue weighted by atomic mass is 15.4. The van der Waals surface area contributed by atoms with Crippen molar-refractivity contribution in [3.05, 3.63) is 132 Å². The molecular formula is C33H28N2. The van der Waals surface area contributed by atoms with Crippen LogP contribution in [0.5, 0.6) is 0 Å². The van der Waals surface area contributed by atoms with E-state index < -0.39 is 0 Å². The van der Waals surface area contributed by atoms with E-state index in [9.17, 15) is 0 Å². The second-order valence-corrected chi connectivity index (χ2v) is 9.21. The molecule has 1 heterocycles. The van der Waals surface area contributed by atoms with E-state index in [1.165, 1.54) is 56.1 Å². The molecule has 170 valence electrons. The summed E-state index contributed by atoms with van der Waals surface area (Å²) in [5.41, 5.74) is 12.6. The quantitative estimate of drug-likeness (QED) is 0.269. The molecule has 1 aliphatic rings. The molecule has 2 nitrogen and oxygen atoms in total. The Bertz CT molecular complexity index is 1370. The predicted octanol–water partition coefficient (Wildman–Crippen LogP) is 8.88. The van der Waals surface area contributed by atoms with E-state index in [4.69, 9.17) is 0 Å². The summed E-state index contributed by atoms with van der Waals surface area (Å²) in [5, 5.41) is 0. The molecule has 0 atom stereocenters. The standard InChI is InChI=1S/C33H28N2/c1-24-9-3-5-11-30(24)26-15-19-28(20-16-26)34-23-35(33-14-8-7-13-32(33)34)29-21-17-27(18-22-29)31-12-6-4-10-25(31)2/h3-22H,23H2,1-2H3.